The number of nitrogens with one attached hydrogen (secondary N) is 1. The largest absolute Gasteiger partial charge is 0.376 e. The van der Waals surface area contributed by atoms with Crippen molar-refractivity contribution >= 4 is 19.9 Å². The Morgan fingerprint density at radius 1 is 1.24 bits per heavy atom. The molecule has 17 heavy (non-hydrogen) atoms. The zero-order chi connectivity index (χ0) is 13.5. The van der Waals surface area contributed by atoms with E-state index in [0.717, 1.165) is 11.8 Å². The molecule has 0 aliphatic rings. The normalized spacial score (nSPS) is 12.6. The lowest BCUT2D eigenvalue weighted by molar-refractivity contribution is 0.162. The van der Waals surface area contributed by atoms with Gasteiger partial charge in [-0.2, -0.15) is 0 Å². The van der Waals surface area contributed by atoms with E-state index in [1.54, 1.807) is 6.92 Å². The first-order valence-corrected chi connectivity index (χ1v) is 8.71. The lowest BCUT2D eigenvalue weighted by Crippen LogP contribution is -2.32. The average Bonchev–Trinajstić information content (AvgIpc) is 2.13. The Labute approximate surface area is 103 Å². The molecule has 0 amide bonds. The third-order valence-corrected chi connectivity index (χ3v) is 4.23. The maximum atomic E-state index is 11.3. The van der Waals surface area contributed by atoms with Gasteiger partial charge in [-0.3, -0.25) is 0 Å². The summed E-state index contributed by atoms with van der Waals surface area (Å²) in [7, 11) is -6.81. The molecule has 0 unspecified atom stereocenters. The maximum absolute atomic E-state index is 11.3. The number of hydrogen-bond donors (Lipinski definition) is 1. The Morgan fingerprint density at radius 2 is 1.82 bits per heavy atom. The van der Waals surface area contributed by atoms with E-state index in [1.807, 2.05) is 0 Å². The Hall–Kier alpha value is -0.440. The van der Waals surface area contributed by atoms with Crippen molar-refractivity contribution in [2.24, 2.45) is 0 Å². The fourth-order valence-electron chi connectivity index (χ4n) is 0.849. The molecule has 0 radical (unpaired) electrons. The second-order valence-corrected chi connectivity index (χ2v) is 8.04. The van der Waals surface area contributed by atoms with Crippen molar-refractivity contribution in [3.63, 3.8) is 0 Å². The molecule has 0 aliphatic carbocycles. The zero-order valence-corrected chi connectivity index (χ0v) is 11.7. The van der Waals surface area contributed by atoms with Crippen molar-refractivity contribution in [3.05, 3.63) is 12.2 Å². The SMILES string of the molecule is C=C(C)COCCNS(=O)(=O)CCS(C)(=O)=O. The fourth-order valence-corrected chi connectivity index (χ4v) is 3.48. The highest BCUT2D eigenvalue weighted by atomic mass is 32.2. The van der Waals surface area contributed by atoms with Crippen molar-refractivity contribution in [1.82, 2.24) is 4.72 Å². The minimum Gasteiger partial charge on any atom is -0.376 e. The van der Waals surface area contributed by atoms with Crippen LogP contribution < -0.4 is 4.72 Å². The van der Waals surface area contributed by atoms with E-state index in [2.05, 4.69) is 11.3 Å². The van der Waals surface area contributed by atoms with Crippen molar-refractivity contribution in [2.75, 3.05) is 37.5 Å². The monoisotopic (exact) mass is 285 g/mol. The summed E-state index contributed by atoms with van der Waals surface area (Å²) in [4.78, 5) is 0. The van der Waals surface area contributed by atoms with Gasteiger partial charge in [-0.15, -0.1) is 0 Å². The Bertz CT molecular complexity index is 438. The molecular formula is C9H19NO5S2. The number of rotatable bonds is 9. The van der Waals surface area contributed by atoms with Crippen LogP contribution in [0.3, 0.4) is 0 Å². The maximum Gasteiger partial charge on any atom is 0.212 e. The van der Waals surface area contributed by atoms with E-state index < -0.39 is 25.6 Å². The van der Waals surface area contributed by atoms with E-state index in [0.29, 0.717) is 6.61 Å². The summed E-state index contributed by atoms with van der Waals surface area (Å²) in [6, 6.07) is 0. The Balaban J connectivity index is 3.83. The van der Waals surface area contributed by atoms with E-state index in [4.69, 9.17) is 4.74 Å². The molecule has 0 saturated carbocycles. The molecule has 0 fully saturated rings. The number of sulfonamides is 1. The fraction of sp³-hybridized carbons (Fsp3) is 0.778. The molecule has 8 heteroatoms. The van der Waals surface area contributed by atoms with Gasteiger partial charge in [0.15, 0.2) is 0 Å². The average molecular weight is 285 g/mol. The first kappa shape index (κ1) is 16.6. The first-order valence-electron chi connectivity index (χ1n) is 4.99. The third kappa shape index (κ3) is 11.8. The molecule has 0 spiro atoms. The van der Waals surface area contributed by atoms with Crippen molar-refractivity contribution in [3.8, 4) is 0 Å². The Morgan fingerprint density at radius 3 is 2.29 bits per heavy atom. The van der Waals surface area contributed by atoms with Crippen LogP contribution in [0.1, 0.15) is 6.92 Å². The standard InChI is InChI=1S/C9H19NO5S2/c1-9(2)8-15-5-4-10-17(13,14)7-6-16(3,11)12/h10H,1,4-8H2,2-3H3. The predicted octanol–water partition coefficient (Wildman–Crippen LogP) is -0.457. The van der Waals surface area contributed by atoms with Gasteiger partial charge in [0.1, 0.15) is 9.84 Å². The molecule has 0 aliphatic heterocycles. The highest BCUT2D eigenvalue weighted by Crippen LogP contribution is 1.91. The summed E-state index contributed by atoms with van der Waals surface area (Å²) in [5.41, 5.74) is 0.852. The molecule has 0 atom stereocenters. The number of sulfone groups is 1. The van der Waals surface area contributed by atoms with Crippen LogP contribution in [0.2, 0.25) is 0 Å². The molecule has 102 valence electrons. The van der Waals surface area contributed by atoms with Gasteiger partial charge >= 0.3 is 0 Å². The first-order chi connectivity index (χ1) is 7.62. The third-order valence-electron chi connectivity index (χ3n) is 1.64. The van der Waals surface area contributed by atoms with E-state index >= 15 is 0 Å². The van der Waals surface area contributed by atoms with Crippen molar-refractivity contribution in [2.45, 2.75) is 6.92 Å². The second-order valence-electron chi connectivity index (χ2n) is 3.85. The molecule has 0 heterocycles. The van der Waals surface area contributed by atoms with Gasteiger partial charge in [0.2, 0.25) is 10.0 Å². The van der Waals surface area contributed by atoms with Gasteiger partial charge in [0.25, 0.3) is 0 Å². The van der Waals surface area contributed by atoms with E-state index in [-0.39, 0.29) is 18.9 Å². The summed E-state index contributed by atoms with van der Waals surface area (Å²) in [5, 5.41) is 0. The van der Waals surface area contributed by atoms with E-state index in [9.17, 15) is 16.8 Å². The van der Waals surface area contributed by atoms with Crippen LogP contribution >= 0.6 is 0 Å². The summed E-state index contributed by atoms with van der Waals surface area (Å²) >= 11 is 0. The van der Waals surface area contributed by atoms with Crippen molar-refractivity contribution in [1.29, 1.82) is 0 Å². The highest BCUT2D eigenvalue weighted by Gasteiger charge is 2.13. The van der Waals surface area contributed by atoms with Crippen LogP contribution in [0.25, 0.3) is 0 Å². The van der Waals surface area contributed by atoms with Crippen LogP contribution in [0, 0.1) is 0 Å². The lowest BCUT2D eigenvalue weighted by Gasteiger charge is -2.06. The van der Waals surface area contributed by atoms with Crippen LogP contribution in [-0.2, 0) is 24.6 Å². The summed E-state index contributed by atoms with van der Waals surface area (Å²) in [5.74, 6) is -0.804. The van der Waals surface area contributed by atoms with Gasteiger partial charge < -0.3 is 4.74 Å². The lowest BCUT2D eigenvalue weighted by atomic mass is 10.4. The van der Waals surface area contributed by atoms with Crippen LogP contribution in [0.5, 0.6) is 0 Å². The molecule has 1 N–H and O–H groups in total. The summed E-state index contributed by atoms with van der Waals surface area (Å²) in [6.45, 7) is 6.16. The zero-order valence-electron chi connectivity index (χ0n) is 10.1. The smallest absolute Gasteiger partial charge is 0.212 e. The highest BCUT2D eigenvalue weighted by molar-refractivity contribution is 7.93. The van der Waals surface area contributed by atoms with Gasteiger partial charge in [-0.1, -0.05) is 12.2 Å². The van der Waals surface area contributed by atoms with Gasteiger partial charge in [0.05, 0.1) is 24.7 Å². The van der Waals surface area contributed by atoms with Gasteiger partial charge in [-0.25, -0.2) is 21.6 Å². The molecule has 0 rings (SSSR count). The molecule has 0 bridgehead atoms. The van der Waals surface area contributed by atoms with E-state index in [1.165, 1.54) is 0 Å². The molecule has 0 aromatic carbocycles. The minimum absolute atomic E-state index is 0.124. The summed E-state index contributed by atoms with van der Waals surface area (Å²) in [6.07, 6.45) is 0.999. The Kier molecular flexibility index (Phi) is 6.91. The van der Waals surface area contributed by atoms with Crippen molar-refractivity contribution < 1.29 is 21.6 Å². The molecule has 0 aromatic rings. The van der Waals surface area contributed by atoms with Crippen LogP contribution in [-0.4, -0.2) is 54.4 Å². The number of ether oxygens (including phenoxy) is 1. The molecular weight excluding hydrogens is 266 g/mol. The number of hydrogen-bond acceptors (Lipinski definition) is 5. The summed E-state index contributed by atoms with van der Waals surface area (Å²) < 4.78 is 51.6. The molecule has 0 saturated heterocycles. The second kappa shape index (κ2) is 7.10. The topological polar surface area (TPSA) is 89.5 Å². The quantitative estimate of drug-likeness (QED) is 0.457. The minimum atomic E-state index is -3.55. The molecule has 0 aromatic heterocycles. The predicted molar refractivity (Wildman–Crippen MR) is 67.1 cm³/mol. The molecule has 6 nitrogen and oxygen atoms in total. The van der Waals surface area contributed by atoms with Crippen LogP contribution in [0.15, 0.2) is 12.2 Å². The van der Waals surface area contributed by atoms with Gasteiger partial charge in [0, 0.05) is 12.8 Å². The van der Waals surface area contributed by atoms with Crippen LogP contribution in [0.4, 0.5) is 0 Å². The van der Waals surface area contributed by atoms with Gasteiger partial charge in [-0.05, 0) is 6.92 Å².